The van der Waals surface area contributed by atoms with Crippen molar-refractivity contribution in [1.82, 2.24) is 5.32 Å². The van der Waals surface area contributed by atoms with Gasteiger partial charge in [-0.3, -0.25) is 0 Å². The summed E-state index contributed by atoms with van der Waals surface area (Å²) in [6, 6.07) is 2.95. The minimum absolute atomic E-state index is 0.239. The van der Waals surface area contributed by atoms with E-state index >= 15 is 0 Å². The fourth-order valence-electron chi connectivity index (χ4n) is 1.36. The lowest BCUT2D eigenvalue weighted by Gasteiger charge is -2.12. The summed E-state index contributed by atoms with van der Waals surface area (Å²) >= 11 is 3.31. The summed E-state index contributed by atoms with van der Waals surface area (Å²) < 4.78 is 19.3. The zero-order chi connectivity index (χ0) is 11.3. The molecule has 1 N–H and O–H groups in total. The van der Waals surface area contributed by atoms with E-state index in [2.05, 4.69) is 21.2 Å². The van der Waals surface area contributed by atoms with Gasteiger partial charge in [0, 0.05) is 0 Å². The van der Waals surface area contributed by atoms with Crippen LogP contribution >= 0.6 is 15.9 Å². The zero-order valence-corrected chi connectivity index (χ0v) is 10.5. The second-order valence-corrected chi connectivity index (χ2v) is 4.02. The fraction of sp³-hybridized carbons (Fsp3) is 0.455. The maximum Gasteiger partial charge on any atom is 0.136 e. The zero-order valence-electron chi connectivity index (χ0n) is 8.94. The number of rotatable bonds is 5. The van der Waals surface area contributed by atoms with Crippen molar-refractivity contribution in [3.05, 3.63) is 28.0 Å². The highest BCUT2D eigenvalue weighted by Crippen LogP contribution is 2.30. The maximum absolute atomic E-state index is 13.2. The first-order valence-electron chi connectivity index (χ1n) is 4.94. The molecule has 0 fully saturated rings. The smallest absolute Gasteiger partial charge is 0.136 e. The highest BCUT2D eigenvalue weighted by molar-refractivity contribution is 9.10. The molecular formula is C11H15BrFNO. The number of benzene rings is 1. The third kappa shape index (κ3) is 3.47. The van der Waals surface area contributed by atoms with Crippen LogP contribution in [0.2, 0.25) is 0 Å². The Kier molecular flexibility index (Phi) is 5.05. The summed E-state index contributed by atoms with van der Waals surface area (Å²) in [5, 5.41) is 3.03. The van der Waals surface area contributed by atoms with E-state index in [1.165, 1.54) is 12.1 Å². The number of halogens is 2. The van der Waals surface area contributed by atoms with Gasteiger partial charge in [-0.1, -0.05) is 0 Å². The van der Waals surface area contributed by atoms with Gasteiger partial charge in [-0.25, -0.2) is 4.39 Å². The van der Waals surface area contributed by atoms with Gasteiger partial charge in [0.25, 0.3) is 0 Å². The number of hydrogen-bond acceptors (Lipinski definition) is 2. The lowest BCUT2D eigenvalue weighted by atomic mass is 10.1. The normalized spacial score (nSPS) is 10.4. The third-order valence-corrected chi connectivity index (χ3v) is 2.61. The van der Waals surface area contributed by atoms with Gasteiger partial charge in [0.05, 0.1) is 11.1 Å². The Morgan fingerprint density at radius 3 is 2.80 bits per heavy atom. The maximum atomic E-state index is 13.2. The van der Waals surface area contributed by atoms with Crippen LogP contribution < -0.4 is 10.1 Å². The topological polar surface area (TPSA) is 21.3 Å². The van der Waals surface area contributed by atoms with E-state index in [-0.39, 0.29) is 5.82 Å². The molecule has 0 amide bonds. The van der Waals surface area contributed by atoms with Crippen LogP contribution in [0.4, 0.5) is 4.39 Å². The van der Waals surface area contributed by atoms with Crippen LogP contribution in [-0.4, -0.2) is 20.2 Å². The first-order chi connectivity index (χ1) is 7.19. The standard InChI is InChI=1S/C11H15BrFNO/c1-3-15-11-8(4-5-14-2)6-9(13)7-10(11)12/h6-7,14H,3-5H2,1-2H3. The Labute approximate surface area is 98.0 Å². The number of nitrogens with one attached hydrogen (secondary N) is 1. The molecule has 0 bridgehead atoms. The summed E-state index contributed by atoms with van der Waals surface area (Å²) in [6.45, 7) is 3.30. The molecular weight excluding hydrogens is 261 g/mol. The Morgan fingerprint density at radius 1 is 1.47 bits per heavy atom. The van der Waals surface area contributed by atoms with Gasteiger partial charge >= 0.3 is 0 Å². The molecule has 2 nitrogen and oxygen atoms in total. The minimum Gasteiger partial charge on any atom is -0.492 e. The molecule has 15 heavy (non-hydrogen) atoms. The molecule has 0 saturated carbocycles. The van der Waals surface area contributed by atoms with Crippen molar-refractivity contribution in [2.45, 2.75) is 13.3 Å². The summed E-state index contributed by atoms with van der Waals surface area (Å²) in [6.07, 6.45) is 0.752. The number of ether oxygens (including phenoxy) is 1. The van der Waals surface area contributed by atoms with Gasteiger partial charge < -0.3 is 10.1 Å². The van der Waals surface area contributed by atoms with Gasteiger partial charge in [0.15, 0.2) is 0 Å². The van der Waals surface area contributed by atoms with E-state index in [0.29, 0.717) is 11.1 Å². The molecule has 0 saturated heterocycles. The van der Waals surface area contributed by atoms with Crippen molar-refractivity contribution < 1.29 is 9.13 Å². The van der Waals surface area contributed by atoms with Crippen LogP contribution in [0.3, 0.4) is 0 Å². The molecule has 1 aromatic rings. The molecule has 84 valence electrons. The molecule has 0 heterocycles. The first kappa shape index (κ1) is 12.5. The molecule has 1 rings (SSSR count). The molecule has 0 radical (unpaired) electrons. The summed E-state index contributed by atoms with van der Waals surface area (Å²) in [5.41, 5.74) is 0.887. The van der Waals surface area contributed by atoms with E-state index < -0.39 is 0 Å². The fourth-order valence-corrected chi connectivity index (χ4v) is 1.95. The summed E-state index contributed by atoms with van der Waals surface area (Å²) in [7, 11) is 1.87. The summed E-state index contributed by atoms with van der Waals surface area (Å²) in [5.74, 6) is 0.505. The van der Waals surface area contributed by atoms with Gasteiger partial charge in [-0.2, -0.15) is 0 Å². The number of likely N-dealkylation sites (N-methyl/N-ethyl adjacent to an activating group) is 1. The predicted molar refractivity (Wildman–Crippen MR) is 62.9 cm³/mol. The van der Waals surface area contributed by atoms with E-state index in [1.807, 2.05) is 14.0 Å². The molecule has 0 aliphatic heterocycles. The van der Waals surface area contributed by atoms with Crippen molar-refractivity contribution in [3.63, 3.8) is 0 Å². The van der Waals surface area contributed by atoms with Crippen molar-refractivity contribution >= 4 is 15.9 Å². The molecule has 0 aromatic heterocycles. The summed E-state index contributed by atoms with van der Waals surface area (Å²) in [4.78, 5) is 0. The Morgan fingerprint density at radius 2 is 2.20 bits per heavy atom. The molecule has 1 aromatic carbocycles. The SMILES string of the molecule is CCOc1c(Br)cc(F)cc1CCNC. The van der Waals surface area contributed by atoms with Gasteiger partial charge in [-0.15, -0.1) is 0 Å². The highest BCUT2D eigenvalue weighted by Gasteiger charge is 2.10. The Hall–Kier alpha value is -0.610. The molecule has 0 atom stereocenters. The lowest BCUT2D eigenvalue weighted by Crippen LogP contribution is -2.11. The van der Waals surface area contributed by atoms with Crippen molar-refractivity contribution in [2.75, 3.05) is 20.2 Å². The second-order valence-electron chi connectivity index (χ2n) is 3.16. The first-order valence-corrected chi connectivity index (χ1v) is 5.73. The van der Waals surface area contributed by atoms with Crippen LogP contribution in [0, 0.1) is 5.82 Å². The molecule has 0 aliphatic rings. The van der Waals surface area contributed by atoms with E-state index in [1.54, 1.807) is 0 Å². The Balaban J connectivity index is 2.97. The Bertz CT molecular complexity index is 331. The highest BCUT2D eigenvalue weighted by atomic mass is 79.9. The average Bonchev–Trinajstić information content (AvgIpc) is 2.19. The molecule has 4 heteroatoms. The van der Waals surface area contributed by atoms with Gasteiger partial charge in [0.1, 0.15) is 11.6 Å². The largest absolute Gasteiger partial charge is 0.492 e. The van der Waals surface area contributed by atoms with E-state index in [4.69, 9.17) is 4.74 Å². The van der Waals surface area contributed by atoms with E-state index in [0.717, 1.165) is 24.3 Å². The minimum atomic E-state index is -0.239. The molecule has 0 unspecified atom stereocenters. The van der Waals surface area contributed by atoms with Gasteiger partial charge in [-0.05, 0) is 60.6 Å². The van der Waals surface area contributed by atoms with Crippen molar-refractivity contribution in [2.24, 2.45) is 0 Å². The number of hydrogen-bond donors (Lipinski definition) is 1. The predicted octanol–water partition coefficient (Wildman–Crippen LogP) is 2.75. The van der Waals surface area contributed by atoms with Crippen LogP contribution in [0.15, 0.2) is 16.6 Å². The lowest BCUT2D eigenvalue weighted by molar-refractivity contribution is 0.333. The third-order valence-electron chi connectivity index (χ3n) is 2.02. The van der Waals surface area contributed by atoms with Crippen LogP contribution in [0.25, 0.3) is 0 Å². The van der Waals surface area contributed by atoms with Crippen molar-refractivity contribution in [1.29, 1.82) is 0 Å². The molecule has 0 spiro atoms. The quantitative estimate of drug-likeness (QED) is 0.892. The van der Waals surface area contributed by atoms with Crippen molar-refractivity contribution in [3.8, 4) is 5.75 Å². The van der Waals surface area contributed by atoms with Crippen LogP contribution in [-0.2, 0) is 6.42 Å². The van der Waals surface area contributed by atoms with Gasteiger partial charge in [0.2, 0.25) is 0 Å². The van der Waals surface area contributed by atoms with Crippen LogP contribution in [0.1, 0.15) is 12.5 Å². The molecule has 0 aliphatic carbocycles. The monoisotopic (exact) mass is 275 g/mol. The average molecular weight is 276 g/mol. The van der Waals surface area contributed by atoms with E-state index in [9.17, 15) is 4.39 Å². The van der Waals surface area contributed by atoms with Crippen LogP contribution in [0.5, 0.6) is 5.75 Å². The second kappa shape index (κ2) is 6.08.